The van der Waals surface area contributed by atoms with E-state index in [-0.39, 0.29) is 5.91 Å². The monoisotopic (exact) mass is 515 g/mol. The van der Waals surface area contributed by atoms with E-state index in [2.05, 4.69) is 45.4 Å². The van der Waals surface area contributed by atoms with Gasteiger partial charge in [0.25, 0.3) is 5.91 Å². The van der Waals surface area contributed by atoms with E-state index in [0.717, 1.165) is 48.8 Å². The molecule has 1 saturated heterocycles. The molecule has 1 aliphatic heterocycles. The van der Waals surface area contributed by atoms with Crippen molar-refractivity contribution in [3.63, 3.8) is 0 Å². The van der Waals surface area contributed by atoms with Crippen LogP contribution in [0.15, 0.2) is 48.8 Å². The maximum atomic E-state index is 12.8. The molecular weight excluding hydrogens is 486 g/mol. The van der Waals surface area contributed by atoms with Crippen molar-refractivity contribution in [2.24, 2.45) is 0 Å². The summed E-state index contributed by atoms with van der Waals surface area (Å²) in [7, 11) is 0. The minimum absolute atomic E-state index is 0.195. The molecule has 10 nitrogen and oxygen atoms in total. The highest BCUT2D eigenvalue weighted by atomic mass is 32.1. The van der Waals surface area contributed by atoms with Gasteiger partial charge in [-0.3, -0.25) is 10.1 Å². The number of thiazole rings is 1. The van der Waals surface area contributed by atoms with Crippen molar-refractivity contribution in [3.05, 3.63) is 70.6 Å². The summed E-state index contributed by atoms with van der Waals surface area (Å²) in [6, 6.07) is 11.9. The number of carbonyl (C=O) groups is 1. The fourth-order valence-electron chi connectivity index (χ4n) is 4.16. The van der Waals surface area contributed by atoms with Gasteiger partial charge in [0.2, 0.25) is 11.9 Å². The Morgan fingerprint density at radius 2 is 1.70 bits per heavy atom. The number of nitrogens with one attached hydrogen (secondary N) is 2. The molecule has 3 aromatic heterocycles. The quantitative estimate of drug-likeness (QED) is 0.373. The largest absolute Gasteiger partial charge is 0.353 e. The Kier molecular flexibility index (Phi) is 7.22. The van der Waals surface area contributed by atoms with Gasteiger partial charge in [-0.25, -0.2) is 9.97 Å². The number of piperazine rings is 1. The molecule has 0 unspecified atom stereocenters. The third-order valence-electron chi connectivity index (χ3n) is 6.19. The van der Waals surface area contributed by atoms with E-state index in [0.29, 0.717) is 34.2 Å². The van der Waals surface area contributed by atoms with Gasteiger partial charge in [-0.15, -0.1) is 0 Å². The zero-order valence-corrected chi connectivity index (χ0v) is 21.9. The third kappa shape index (κ3) is 5.67. The van der Waals surface area contributed by atoms with E-state index in [1.54, 1.807) is 6.20 Å². The molecule has 5 rings (SSSR count). The van der Waals surface area contributed by atoms with Crippen LogP contribution in [0.25, 0.3) is 0 Å². The smallest absolute Gasteiger partial charge is 0.267 e. The summed E-state index contributed by atoms with van der Waals surface area (Å²) in [6.07, 6.45) is 4.06. The van der Waals surface area contributed by atoms with Crippen LogP contribution in [0, 0.1) is 13.8 Å². The minimum atomic E-state index is -0.195. The molecule has 0 bridgehead atoms. The summed E-state index contributed by atoms with van der Waals surface area (Å²) in [4.78, 5) is 40.5. The van der Waals surface area contributed by atoms with Crippen LogP contribution in [-0.4, -0.2) is 57.0 Å². The van der Waals surface area contributed by atoms with Gasteiger partial charge in [0.15, 0.2) is 5.13 Å². The Hall–Kier alpha value is -4.12. The molecule has 0 aliphatic carbocycles. The fraction of sp³-hybridized carbons (Fsp3) is 0.308. The first-order valence-corrected chi connectivity index (χ1v) is 13.1. The molecule has 37 heavy (non-hydrogen) atoms. The first-order chi connectivity index (χ1) is 18.0. The summed E-state index contributed by atoms with van der Waals surface area (Å²) in [5, 5.41) is 6.72. The molecule has 4 aromatic rings. The van der Waals surface area contributed by atoms with Gasteiger partial charge in [0, 0.05) is 44.5 Å². The van der Waals surface area contributed by atoms with Crippen molar-refractivity contribution < 1.29 is 4.79 Å². The molecule has 0 atom stereocenters. The SMILES string of the molecule is CCc1nc(Nc2ncc(C(=O)Nc3c(C)cccc3C)s2)nc(N2CCN(c3ccccn3)CC2)n1. The lowest BCUT2D eigenvalue weighted by Crippen LogP contribution is -2.47. The molecule has 1 amide bonds. The van der Waals surface area contributed by atoms with Gasteiger partial charge in [-0.1, -0.05) is 42.5 Å². The van der Waals surface area contributed by atoms with Gasteiger partial charge >= 0.3 is 0 Å². The van der Waals surface area contributed by atoms with Crippen LogP contribution < -0.4 is 20.4 Å². The average molecular weight is 516 g/mol. The van der Waals surface area contributed by atoms with E-state index in [9.17, 15) is 4.79 Å². The second-order valence-corrected chi connectivity index (χ2v) is 9.80. The number of para-hydroxylation sites is 1. The number of nitrogens with zero attached hydrogens (tertiary/aromatic N) is 7. The van der Waals surface area contributed by atoms with Crippen molar-refractivity contribution in [2.45, 2.75) is 27.2 Å². The van der Waals surface area contributed by atoms with Crippen LogP contribution in [0.3, 0.4) is 0 Å². The lowest BCUT2D eigenvalue weighted by Gasteiger charge is -2.35. The Morgan fingerprint density at radius 1 is 0.946 bits per heavy atom. The molecule has 11 heteroatoms. The van der Waals surface area contributed by atoms with E-state index < -0.39 is 0 Å². The molecule has 1 fully saturated rings. The fourth-order valence-corrected chi connectivity index (χ4v) is 4.86. The van der Waals surface area contributed by atoms with Crippen LogP contribution in [-0.2, 0) is 6.42 Å². The molecule has 0 radical (unpaired) electrons. The van der Waals surface area contributed by atoms with Gasteiger partial charge in [0.1, 0.15) is 16.5 Å². The number of anilines is 5. The number of carbonyl (C=O) groups excluding carboxylic acids is 1. The predicted octanol–water partition coefficient (Wildman–Crippen LogP) is 4.22. The molecule has 2 N–H and O–H groups in total. The summed E-state index contributed by atoms with van der Waals surface area (Å²) in [6.45, 7) is 9.19. The molecule has 0 spiro atoms. The highest BCUT2D eigenvalue weighted by Crippen LogP contribution is 2.25. The van der Waals surface area contributed by atoms with E-state index in [1.165, 1.54) is 11.3 Å². The number of hydrogen-bond acceptors (Lipinski definition) is 10. The van der Waals surface area contributed by atoms with Crippen LogP contribution in [0.4, 0.5) is 28.5 Å². The summed E-state index contributed by atoms with van der Waals surface area (Å²) in [5.74, 6) is 2.55. The van der Waals surface area contributed by atoms with Gasteiger partial charge in [0.05, 0.1) is 6.20 Å². The Bertz CT molecular complexity index is 1360. The topological polar surface area (TPSA) is 112 Å². The number of pyridine rings is 1. The lowest BCUT2D eigenvalue weighted by molar-refractivity contribution is 0.103. The number of aromatic nitrogens is 5. The number of amides is 1. The van der Waals surface area contributed by atoms with Crippen LogP contribution >= 0.6 is 11.3 Å². The third-order valence-corrected chi connectivity index (χ3v) is 7.10. The average Bonchev–Trinajstić information content (AvgIpc) is 3.39. The highest BCUT2D eigenvalue weighted by molar-refractivity contribution is 7.17. The second-order valence-electron chi connectivity index (χ2n) is 8.77. The first-order valence-electron chi connectivity index (χ1n) is 12.3. The van der Waals surface area contributed by atoms with Crippen LogP contribution in [0.1, 0.15) is 33.5 Å². The van der Waals surface area contributed by atoms with E-state index >= 15 is 0 Å². The minimum Gasteiger partial charge on any atom is -0.353 e. The molecule has 1 aliphatic rings. The Morgan fingerprint density at radius 3 is 2.41 bits per heavy atom. The second kappa shape index (κ2) is 10.9. The predicted molar refractivity (Wildman–Crippen MR) is 147 cm³/mol. The Labute approximate surface area is 219 Å². The number of hydrogen-bond donors (Lipinski definition) is 2. The summed E-state index contributed by atoms with van der Waals surface area (Å²) < 4.78 is 0. The Balaban J connectivity index is 1.27. The molecule has 4 heterocycles. The highest BCUT2D eigenvalue weighted by Gasteiger charge is 2.21. The summed E-state index contributed by atoms with van der Waals surface area (Å²) in [5.41, 5.74) is 2.86. The summed E-state index contributed by atoms with van der Waals surface area (Å²) >= 11 is 1.26. The van der Waals surface area contributed by atoms with Crippen LogP contribution in [0.2, 0.25) is 0 Å². The normalized spacial score (nSPS) is 13.5. The number of rotatable bonds is 7. The van der Waals surface area contributed by atoms with Crippen LogP contribution in [0.5, 0.6) is 0 Å². The molecule has 0 saturated carbocycles. The van der Waals surface area contributed by atoms with Crippen molar-refractivity contribution in [1.29, 1.82) is 0 Å². The van der Waals surface area contributed by atoms with Gasteiger partial charge in [-0.2, -0.15) is 15.0 Å². The van der Waals surface area contributed by atoms with E-state index in [1.807, 2.05) is 63.4 Å². The maximum absolute atomic E-state index is 12.8. The standard InChI is InChI=1S/C26H29N9OS/c1-4-20-29-24(32-25(30-20)35-14-12-34(13-15-35)21-10-5-6-11-27-21)33-26-28-16-19(37-26)23(36)31-22-17(2)8-7-9-18(22)3/h5-11,16H,4,12-15H2,1-3H3,(H,31,36)(H,28,29,30,32,33). The van der Waals surface area contributed by atoms with Gasteiger partial charge < -0.3 is 15.1 Å². The lowest BCUT2D eigenvalue weighted by atomic mass is 10.1. The molecule has 1 aromatic carbocycles. The molecule has 190 valence electrons. The first kappa shape index (κ1) is 24.6. The van der Waals surface area contributed by atoms with E-state index in [4.69, 9.17) is 0 Å². The molecular formula is C26H29N9OS. The zero-order valence-electron chi connectivity index (χ0n) is 21.1. The van der Waals surface area contributed by atoms with Gasteiger partial charge in [-0.05, 0) is 37.1 Å². The number of benzene rings is 1. The zero-order chi connectivity index (χ0) is 25.8. The van der Waals surface area contributed by atoms with Crippen molar-refractivity contribution in [3.8, 4) is 0 Å². The number of aryl methyl sites for hydroxylation is 3. The maximum Gasteiger partial charge on any atom is 0.267 e. The van der Waals surface area contributed by atoms with Crippen molar-refractivity contribution >= 4 is 45.8 Å². The van der Waals surface area contributed by atoms with Crippen molar-refractivity contribution in [2.75, 3.05) is 46.6 Å². The van der Waals surface area contributed by atoms with Crippen molar-refractivity contribution in [1.82, 2.24) is 24.9 Å².